The Balaban J connectivity index is -0.000000149. The molecule has 0 fully saturated rings. The van der Waals surface area contributed by atoms with Crippen molar-refractivity contribution in [2.75, 3.05) is 6.61 Å². The van der Waals surface area contributed by atoms with Gasteiger partial charge in [0.25, 0.3) is 0 Å². The molecular weight excluding hydrogens is 136 g/mol. The number of hydrogen-bond donors (Lipinski definition) is 1. The molecule has 0 radical (unpaired) electrons. The maximum atomic E-state index is 8.29. The Bertz CT molecular complexity index is 28.4. The molecule has 58 valence electrons. The van der Waals surface area contributed by atoms with E-state index in [1.807, 2.05) is 0 Å². The third kappa shape index (κ3) is 23.3. The van der Waals surface area contributed by atoms with Crippen molar-refractivity contribution in [1.82, 2.24) is 0 Å². The SMILES string of the molecule is CCCCCCO.[CH2-]C.[Mg+2]. The topological polar surface area (TPSA) is 20.2 Å². The maximum Gasteiger partial charge on any atom is 2.00 e. The number of aliphatic hydroxyl groups excluding tert-OH is 1. The van der Waals surface area contributed by atoms with Crippen LogP contribution in [-0.4, -0.2) is 34.8 Å². The van der Waals surface area contributed by atoms with Crippen molar-refractivity contribution in [2.45, 2.75) is 39.5 Å². The van der Waals surface area contributed by atoms with Gasteiger partial charge in [-0.3, -0.25) is 0 Å². The number of hydrogen-bond acceptors (Lipinski definition) is 1. The molecule has 0 aromatic heterocycles. The summed E-state index contributed by atoms with van der Waals surface area (Å²) in [6.45, 7) is 7.53. The first-order chi connectivity index (χ1) is 4.41. The van der Waals surface area contributed by atoms with Crippen molar-refractivity contribution >= 4 is 23.1 Å². The van der Waals surface area contributed by atoms with E-state index < -0.39 is 0 Å². The summed E-state index contributed by atoms with van der Waals surface area (Å²) in [5.74, 6) is 0. The Kier molecular flexibility index (Phi) is 38.4. The molecule has 0 aliphatic rings. The second kappa shape index (κ2) is 22.6. The number of unbranched alkanes of at least 4 members (excludes halogenated alkanes) is 3. The molecule has 1 N–H and O–H groups in total. The van der Waals surface area contributed by atoms with Crippen LogP contribution in [0.3, 0.4) is 0 Å². The van der Waals surface area contributed by atoms with Gasteiger partial charge in [0.15, 0.2) is 0 Å². The predicted octanol–water partition coefficient (Wildman–Crippen LogP) is 2.02. The quantitative estimate of drug-likeness (QED) is 0.374. The standard InChI is InChI=1S/C6H14O.C2H5.Mg/c1-2-3-4-5-6-7;1-2;/h7H,2-6H2,1H3;1H2,2H3;/q;-1;+2. The summed E-state index contributed by atoms with van der Waals surface area (Å²) in [5.41, 5.74) is 0. The molecule has 0 spiro atoms. The predicted molar refractivity (Wildman–Crippen MR) is 48.0 cm³/mol. The van der Waals surface area contributed by atoms with Gasteiger partial charge in [-0.05, 0) is 6.42 Å². The Labute approximate surface area is 81.4 Å². The zero-order valence-corrected chi connectivity index (χ0v) is 8.81. The summed E-state index contributed by atoms with van der Waals surface area (Å²) in [4.78, 5) is 0. The molecule has 2 heteroatoms. The van der Waals surface area contributed by atoms with Crippen LogP contribution in [0.4, 0.5) is 0 Å². The fourth-order valence-corrected chi connectivity index (χ4v) is 0.539. The molecule has 0 aliphatic heterocycles. The first-order valence-corrected chi connectivity index (χ1v) is 3.73. The molecular formula is C8H19MgO+. The van der Waals surface area contributed by atoms with Crippen molar-refractivity contribution in [3.05, 3.63) is 6.92 Å². The van der Waals surface area contributed by atoms with Crippen LogP contribution in [0.25, 0.3) is 0 Å². The minimum absolute atomic E-state index is 0. The normalized spacial score (nSPS) is 7.20. The summed E-state index contributed by atoms with van der Waals surface area (Å²) in [6.07, 6.45) is 4.68. The van der Waals surface area contributed by atoms with Gasteiger partial charge < -0.3 is 12.0 Å². The molecule has 0 atom stereocenters. The van der Waals surface area contributed by atoms with Crippen LogP contribution in [0.5, 0.6) is 0 Å². The molecule has 0 saturated carbocycles. The summed E-state index contributed by atoms with van der Waals surface area (Å²) in [6, 6.07) is 0. The minimum atomic E-state index is 0. The zero-order valence-electron chi connectivity index (χ0n) is 7.40. The number of aliphatic hydroxyl groups is 1. The zero-order chi connectivity index (χ0) is 7.54. The van der Waals surface area contributed by atoms with E-state index in [2.05, 4.69) is 13.8 Å². The molecule has 0 amide bonds. The molecule has 10 heavy (non-hydrogen) atoms. The van der Waals surface area contributed by atoms with Gasteiger partial charge >= 0.3 is 23.1 Å². The largest absolute Gasteiger partial charge is 2.00 e. The fraction of sp³-hybridized carbons (Fsp3) is 0.875. The first kappa shape index (κ1) is 17.0. The van der Waals surface area contributed by atoms with Gasteiger partial charge in [0.2, 0.25) is 0 Å². The van der Waals surface area contributed by atoms with E-state index in [4.69, 9.17) is 5.11 Å². The summed E-state index contributed by atoms with van der Waals surface area (Å²) in [7, 11) is 0. The van der Waals surface area contributed by atoms with E-state index in [9.17, 15) is 0 Å². The van der Waals surface area contributed by atoms with Crippen LogP contribution < -0.4 is 0 Å². The second-order valence-corrected chi connectivity index (χ2v) is 1.78. The van der Waals surface area contributed by atoms with Crippen molar-refractivity contribution in [3.63, 3.8) is 0 Å². The van der Waals surface area contributed by atoms with Crippen molar-refractivity contribution in [3.8, 4) is 0 Å². The molecule has 0 heterocycles. The van der Waals surface area contributed by atoms with E-state index in [-0.39, 0.29) is 23.1 Å². The second-order valence-electron chi connectivity index (χ2n) is 1.78. The van der Waals surface area contributed by atoms with Crippen molar-refractivity contribution in [1.29, 1.82) is 0 Å². The van der Waals surface area contributed by atoms with Crippen LogP contribution in [0.15, 0.2) is 0 Å². The van der Waals surface area contributed by atoms with Crippen molar-refractivity contribution in [2.24, 2.45) is 0 Å². The van der Waals surface area contributed by atoms with Gasteiger partial charge in [0, 0.05) is 6.61 Å². The third-order valence-electron chi connectivity index (χ3n) is 1.01. The smallest absolute Gasteiger partial charge is 0.396 e. The Morgan fingerprint density at radius 2 is 1.60 bits per heavy atom. The van der Waals surface area contributed by atoms with Gasteiger partial charge in [0.05, 0.1) is 0 Å². The first-order valence-electron chi connectivity index (χ1n) is 3.73. The molecule has 0 rings (SSSR count). The van der Waals surface area contributed by atoms with Crippen LogP contribution >= 0.6 is 0 Å². The summed E-state index contributed by atoms with van der Waals surface area (Å²) < 4.78 is 0. The van der Waals surface area contributed by atoms with Crippen LogP contribution in [0.2, 0.25) is 0 Å². The third-order valence-corrected chi connectivity index (χ3v) is 1.01. The average molecular weight is 156 g/mol. The Morgan fingerprint density at radius 3 is 1.90 bits per heavy atom. The van der Waals surface area contributed by atoms with E-state index in [1.165, 1.54) is 19.3 Å². The summed E-state index contributed by atoms with van der Waals surface area (Å²) >= 11 is 0. The van der Waals surface area contributed by atoms with Crippen LogP contribution in [-0.2, 0) is 0 Å². The van der Waals surface area contributed by atoms with Crippen LogP contribution in [0, 0.1) is 6.92 Å². The van der Waals surface area contributed by atoms with E-state index in [0.29, 0.717) is 6.61 Å². The van der Waals surface area contributed by atoms with Gasteiger partial charge in [-0.1, -0.05) is 26.2 Å². The van der Waals surface area contributed by atoms with E-state index in [1.54, 1.807) is 6.92 Å². The number of rotatable bonds is 4. The van der Waals surface area contributed by atoms with Crippen LogP contribution in [0.1, 0.15) is 39.5 Å². The van der Waals surface area contributed by atoms with E-state index >= 15 is 0 Å². The summed E-state index contributed by atoms with van der Waals surface area (Å²) in [5, 5.41) is 8.29. The molecule has 0 unspecified atom stereocenters. The molecule has 0 aliphatic carbocycles. The van der Waals surface area contributed by atoms with Gasteiger partial charge in [-0.15, -0.1) is 0 Å². The Morgan fingerprint density at radius 1 is 1.10 bits per heavy atom. The van der Waals surface area contributed by atoms with E-state index in [0.717, 1.165) is 6.42 Å². The molecule has 0 aromatic rings. The molecule has 1 nitrogen and oxygen atoms in total. The maximum absolute atomic E-state index is 8.29. The Hall–Kier alpha value is 0.726. The monoisotopic (exact) mass is 155 g/mol. The van der Waals surface area contributed by atoms with Gasteiger partial charge in [-0.25, -0.2) is 0 Å². The minimum Gasteiger partial charge on any atom is -0.396 e. The molecule has 0 aromatic carbocycles. The van der Waals surface area contributed by atoms with Gasteiger partial charge in [0.1, 0.15) is 0 Å². The fourth-order valence-electron chi connectivity index (χ4n) is 0.539. The van der Waals surface area contributed by atoms with Gasteiger partial charge in [-0.2, -0.15) is 6.92 Å². The average Bonchev–Trinajstić information content (AvgIpc) is 1.94. The molecule has 0 saturated heterocycles. The van der Waals surface area contributed by atoms with Crippen molar-refractivity contribution < 1.29 is 5.11 Å². The molecule has 0 bridgehead atoms.